The van der Waals surface area contributed by atoms with Gasteiger partial charge in [0.2, 0.25) is 0 Å². The smallest absolute Gasteiger partial charge is 0.355 e. The van der Waals surface area contributed by atoms with Gasteiger partial charge in [-0.25, -0.2) is 4.98 Å². The van der Waals surface area contributed by atoms with Crippen LogP contribution in [-0.4, -0.2) is 32.5 Å². The average Bonchev–Trinajstić information content (AvgIpc) is 3.55. The van der Waals surface area contributed by atoms with Crippen molar-refractivity contribution in [2.75, 3.05) is 13.1 Å². The lowest BCUT2D eigenvalue weighted by molar-refractivity contribution is -0.137. The van der Waals surface area contributed by atoms with Crippen LogP contribution in [0.2, 0.25) is 0 Å². The number of fused-ring (bicyclic) bond motifs is 2. The summed E-state index contributed by atoms with van der Waals surface area (Å²) in [5, 5.41) is 5.03. The van der Waals surface area contributed by atoms with Crippen LogP contribution < -0.4 is 0 Å². The highest BCUT2D eigenvalue weighted by Crippen LogP contribution is 2.33. The van der Waals surface area contributed by atoms with Gasteiger partial charge in [-0.15, -0.1) is 0 Å². The third-order valence-corrected chi connectivity index (χ3v) is 7.27. The van der Waals surface area contributed by atoms with E-state index in [2.05, 4.69) is 26.9 Å². The molecule has 0 aliphatic carbocycles. The lowest BCUT2D eigenvalue weighted by Gasteiger charge is -2.27. The van der Waals surface area contributed by atoms with Gasteiger partial charge in [0, 0.05) is 30.1 Å². The minimum absolute atomic E-state index is 0.233. The van der Waals surface area contributed by atoms with Gasteiger partial charge in [-0.05, 0) is 79.9 Å². The Morgan fingerprint density at radius 1 is 0.974 bits per heavy atom. The zero-order chi connectivity index (χ0) is 27.0. The van der Waals surface area contributed by atoms with Crippen LogP contribution in [0, 0.1) is 18.8 Å². The van der Waals surface area contributed by atoms with Crippen molar-refractivity contribution < 1.29 is 17.7 Å². The molecule has 2 aromatic carbocycles. The van der Waals surface area contributed by atoms with Gasteiger partial charge in [0.1, 0.15) is 0 Å². The zero-order valence-electron chi connectivity index (χ0n) is 21.6. The number of aryl methyl sites for hydroxylation is 1. The summed E-state index contributed by atoms with van der Waals surface area (Å²) in [6.45, 7) is 4.29. The summed E-state index contributed by atoms with van der Waals surface area (Å²) < 4.78 is 49.0. The Hall–Kier alpha value is -4.09. The van der Waals surface area contributed by atoms with Crippen molar-refractivity contribution in [3.05, 3.63) is 100 Å². The number of pyridine rings is 1. The topological polar surface area (TPSA) is 46.6 Å². The second-order valence-electron chi connectivity index (χ2n) is 10.2. The maximum absolute atomic E-state index is 13.8. The quantitative estimate of drug-likeness (QED) is 0.241. The maximum Gasteiger partial charge on any atom is 0.416 e. The first kappa shape index (κ1) is 25.2. The number of benzene rings is 2. The first-order chi connectivity index (χ1) is 18.8. The van der Waals surface area contributed by atoms with E-state index in [1.807, 2.05) is 47.9 Å². The Morgan fingerprint density at radius 2 is 1.79 bits per heavy atom. The molecule has 1 aliphatic heterocycles. The Morgan fingerprint density at radius 3 is 2.62 bits per heavy atom. The SMILES string of the molecule is Cc1ccc2c(Cc3cc(CN4CCCCC4)cc(C(F)(F)F)c3)noc2c1C#Cc1ccc2cncn2c1. The first-order valence-corrected chi connectivity index (χ1v) is 13.1. The fourth-order valence-electron chi connectivity index (χ4n) is 5.25. The Balaban J connectivity index is 1.32. The van der Waals surface area contributed by atoms with Crippen LogP contribution in [-0.2, 0) is 19.1 Å². The lowest BCUT2D eigenvalue weighted by Crippen LogP contribution is -2.29. The summed E-state index contributed by atoms with van der Waals surface area (Å²) in [6.07, 6.45) is 4.56. The highest BCUT2D eigenvalue weighted by atomic mass is 19.4. The van der Waals surface area contributed by atoms with Crippen LogP contribution in [0.3, 0.4) is 0 Å². The number of piperidine rings is 1. The van der Waals surface area contributed by atoms with Gasteiger partial charge in [-0.3, -0.25) is 4.90 Å². The van der Waals surface area contributed by atoms with E-state index in [-0.39, 0.29) is 6.42 Å². The van der Waals surface area contributed by atoms with E-state index in [0.717, 1.165) is 48.0 Å². The van der Waals surface area contributed by atoms with E-state index >= 15 is 0 Å². The third kappa shape index (κ3) is 5.41. The number of nitrogens with zero attached hydrogens (tertiary/aromatic N) is 4. The molecule has 0 atom stereocenters. The minimum atomic E-state index is -4.42. The van der Waals surface area contributed by atoms with E-state index in [0.29, 0.717) is 34.5 Å². The molecule has 5 aromatic rings. The normalized spacial score (nSPS) is 14.6. The highest BCUT2D eigenvalue weighted by Gasteiger charge is 2.31. The van der Waals surface area contributed by atoms with Gasteiger partial charge in [0.25, 0.3) is 0 Å². The molecule has 198 valence electrons. The van der Waals surface area contributed by atoms with Crippen molar-refractivity contribution in [3.63, 3.8) is 0 Å². The van der Waals surface area contributed by atoms with Gasteiger partial charge in [0.05, 0.1) is 34.9 Å². The molecule has 0 bridgehead atoms. The van der Waals surface area contributed by atoms with Crippen molar-refractivity contribution in [1.82, 2.24) is 19.4 Å². The summed E-state index contributed by atoms with van der Waals surface area (Å²) in [6, 6.07) is 12.1. The fraction of sp³-hybridized carbons (Fsp3) is 0.290. The van der Waals surface area contributed by atoms with Crippen LogP contribution >= 0.6 is 0 Å². The van der Waals surface area contributed by atoms with Crippen LogP contribution in [0.15, 0.2) is 65.7 Å². The molecule has 1 saturated heterocycles. The van der Waals surface area contributed by atoms with Crippen molar-refractivity contribution in [1.29, 1.82) is 0 Å². The Labute approximate surface area is 224 Å². The summed E-state index contributed by atoms with van der Waals surface area (Å²) >= 11 is 0. The number of halogens is 3. The molecule has 1 fully saturated rings. The number of hydrogen-bond acceptors (Lipinski definition) is 4. The molecule has 0 spiro atoms. The molecule has 0 unspecified atom stereocenters. The molecule has 3 aromatic heterocycles. The Kier molecular flexibility index (Phi) is 6.61. The number of imidazole rings is 1. The van der Waals surface area contributed by atoms with Crippen LogP contribution in [0.5, 0.6) is 0 Å². The molecule has 6 rings (SSSR count). The van der Waals surface area contributed by atoms with Gasteiger partial charge in [0.15, 0.2) is 5.58 Å². The zero-order valence-corrected chi connectivity index (χ0v) is 21.6. The molecule has 8 heteroatoms. The van der Waals surface area contributed by atoms with Crippen molar-refractivity contribution in [2.45, 2.75) is 45.3 Å². The molecular weight excluding hydrogens is 501 g/mol. The maximum atomic E-state index is 13.8. The predicted octanol–water partition coefficient (Wildman–Crippen LogP) is 6.78. The summed E-state index contributed by atoms with van der Waals surface area (Å²) in [7, 11) is 0. The molecule has 39 heavy (non-hydrogen) atoms. The molecule has 0 amide bonds. The van der Waals surface area contributed by atoms with E-state index in [1.165, 1.54) is 18.6 Å². The van der Waals surface area contributed by atoms with Crippen LogP contribution in [0.1, 0.15) is 58.3 Å². The second kappa shape index (κ2) is 10.2. The number of aromatic nitrogens is 3. The minimum Gasteiger partial charge on any atom is -0.355 e. The van der Waals surface area contributed by atoms with Gasteiger partial charge < -0.3 is 8.92 Å². The first-order valence-electron chi connectivity index (χ1n) is 13.1. The van der Waals surface area contributed by atoms with Gasteiger partial charge in [-0.1, -0.05) is 35.6 Å². The molecule has 1 aliphatic rings. The molecule has 4 heterocycles. The molecular formula is C31H27F3N4O. The van der Waals surface area contributed by atoms with Crippen molar-refractivity contribution in [2.24, 2.45) is 0 Å². The molecule has 5 nitrogen and oxygen atoms in total. The number of hydrogen-bond donors (Lipinski definition) is 0. The van der Waals surface area contributed by atoms with E-state index in [9.17, 15) is 13.2 Å². The molecule has 0 N–H and O–H groups in total. The number of rotatable bonds is 4. The molecule has 0 radical (unpaired) electrons. The highest BCUT2D eigenvalue weighted by molar-refractivity contribution is 5.86. The number of alkyl halides is 3. The molecule has 0 saturated carbocycles. The fourth-order valence-corrected chi connectivity index (χ4v) is 5.25. The average molecular weight is 529 g/mol. The largest absolute Gasteiger partial charge is 0.416 e. The third-order valence-electron chi connectivity index (χ3n) is 7.27. The van der Waals surface area contributed by atoms with Gasteiger partial charge >= 0.3 is 6.18 Å². The van der Waals surface area contributed by atoms with E-state index < -0.39 is 11.7 Å². The Bertz CT molecular complexity index is 1720. The summed E-state index contributed by atoms with van der Waals surface area (Å²) in [5.41, 5.74) is 5.20. The van der Waals surface area contributed by atoms with Crippen molar-refractivity contribution >= 4 is 16.5 Å². The second-order valence-corrected chi connectivity index (χ2v) is 10.2. The summed E-state index contributed by atoms with van der Waals surface area (Å²) in [5.74, 6) is 6.41. The van der Waals surface area contributed by atoms with E-state index in [4.69, 9.17) is 4.52 Å². The van der Waals surface area contributed by atoms with Crippen LogP contribution in [0.25, 0.3) is 16.5 Å². The van der Waals surface area contributed by atoms with E-state index in [1.54, 1.807) is 12.5 Å². The standard InChI is InChI=1S/C31H27F3N4O/c1-21-5-9-28-29(36-39-30(28)27(21)10-7-22-6-8-26-17-35-20-38(26)19-22)16-23-13-24(15-25(14-23)31(32,33)34)18-37-11-3-2-4-12-37/h5-6,8-9,13-15,17,19-20H,2-4,11-12,16,18H2,1H3. The number of likely N-dealkylation sites (tertiary alicyclic amines) is 1. The predicted molar refractivity (Wildman–Crippen MR) is 143 cm³/mol. The van der Waals surface area contributed by atoms with Crippen LogP contribution in [0.4, 0.5) is 13.2 Å². The van der Waals surface area contributed by atoms with Gasteiger partial charge in [-0.2, -0.15) is 13.2 Å². The van der Waals surface area contributed by atoms with Crippen molar-refractivity contribution in [3.8, 4) is 11.8 Å². The summed E-state index contributed by atoms with van der Waals surface area (Å²) in [4.78, 5) is 6.36. The monoisotopic (exact) mass is 528 g/mol. The lowest BCUT2D eigenvalue weighted by atomic mass is 9.98.